The maximum atomic E-state index is 12.8. The summed E-state index contributed by atoms with van der Waals surface area (Å²) in [5.41, 5.74) is 2.05. The number of hydrogen-bond acceptors (Lipinski definition) is 16. The normalized spacial score (nSPS) is 13.3. The highest BCUT2D eigenvalue weighted by Crippen LogP contribution is 2.44. The highest BCUT2D eigenvalue weighted by Gasteiger charge is 2.43. The van der Waals surface area contributed by atoms with E-state index in [1.807, 2.05) is 172 Å². The van der Waals surface area contributed by atoms with Crippen LogP contribution in [0.4, 0.5) is 0 Å². The quantitative estimate of drug-likeness (QED) is 0.0276. The Morgan fingerprint density at radius 2 is 0.550 bits per heavy atom. The molecule has 0 aromatic heterocycles. The molecule has 0 saturated heterocycles. The van der Waals surface area contributed by atoms with E-state index in [4.69, 9.17) is 66.3 Å². The van der Waals surface area contributed by atoms with Crippen LogP contribution in [0.15, 0.2) is 158 Å². The monoisotopic (exact) mass is 1110 g/mol. The number of methoxy groups -OCH3 is 4. The molecule has 6 aromatic carbocycles. The van der Waals surface area contributed by atoms with Crippen LogP contribution in [0.25, 0.3) is 0 Å². The van der Waals surface area contributed by atoms with Crippen molar-refractivity contribution in [3.8, 4) is 23.0 Å². The number of hydrogen-bond donors (Lipinski definition) is 2. The third-order valence-electron chi connectivity index (χ3n) is 13.4. The zero-order chi connectivity index (χ0) is 56.7. The zero-order valence-electron chi connectivity index (χ0n) is 47.2. The standard InChI is InChI=1S/C64H82O16/c1-7-71-35-37-73-39-41-75-43-45-77-59(47-79-63(49-15-11-9-12-16-49,51-19-27-55(67-3)28-20-51)52-21-29-56(68-4)30-22-52)61(65)62(66)60(78-46-44-76-42-40-74-38-36-72-8-2)48-80-64(50-17-13-10-14-18-50,53-23-31-57(69-5)32-24-53)54-25-33-58(70-6)34-26-54/h9-34,59-62,65-66H,7-8,35-48H2,1-6H3/t59-,60-,61-,62-/m0/s1. The molecule has 0 heterocycles. The van der Waals surface area contributed by atoms with Crippen LogP contribution >= 0.6 is 0 Å². The molecule has 6 rings (SSSR count). The number of aliphatic hydroxyl groups excluding tert-OH is 2. The third kappa shape index (κ3) is 18.0. The van der Waals surface area contributed by atoms with Crippen LogP contribution in [-0.4, -0.2) is 169 Å². The van der Waals surface area contributed by atoms with Crippen molar-refractivity contribution in [2.45, 2.75) is 49.5 Å². The van der Waals surface area contributed by atoms with Gasteiger partial charge in [-0.05, 0) is 95.8 Å². The van der Waals surface area contributed by atoms with Gasteiger partial charge < -0.3 is 76.5 Å². The third-order valence-corrected chi connectivity index (χ3v) is 13.4. The summed E-state index contributed by atoms with van der Waals surface area (Å²) in [7, 11) is 6.46. The molecule has 4 atom stereocenters. The first-order valence-corrected chi connectivity index (χ1v) is 27.3. The molecule has 0 aliphatic carbocycles. The number of ether oxygens (including phenoxy) is 14. The van der Waals surface area contributed by atoms with Gasteiger partial charge in [0.25, 0.3) is 0 Å². The van der Waals surface area contributed by atoms with Crippen molar-refractivity contribution in [1.29, 1.82) is 0 Å². The zero-order valence-corrected chi connectivity index (χ0v) is 47.2. The van der Waals surface area contributed by atoms with Gasteiger partial charge in [-0.25, -0.2) is 0 Å². The molecule has 0 unspecified atom stereocenters. The molecular formula is C64H82O16. The fourth-order valence-electron chi connectivity index (χ4n) is 9.18. The molecule has 0 fully saturated rings. The molecule has 0 spiro atoms. The van der Waals surface area contributed by atoms with E-state index in [1.165, 1.54) is 0 Å². The Morgan fingerprint density at radius 3 is 0.800 bits per heavy atom. The van der Waals surface area contributed by atoms with Gasteiger partial charge in [0.05, 0.1) is 121 Å². The Kier molecular flexibility index (Phi) is 27.7. The van der Waals surface area contributed by atoms with Crippen molar-refractivity contribution in [3.05, 3.63) is 191 Å². The Balaban J connectivity index is 1.38. The Bertz CT molecular complexity index is 2260. The van der Waals surface area contributed by atoms with Gasteiger partial charge in [0.15, 0.2) is 0 Å². The van der Waals surface area contributed by atoms with E-state index >= 15 is 0 Å². The van der Waals surface area contributed by atoms with Crippen LogP contribution in [0, 0.1) is 0 Å². The Morgan fingerprint density at radius 1 is 0.312 bits per heavy atom. The highest BCUT2D eigenvalue weighted by molar-refractivity contribution is 5.51. The average Bonchev–Trinajstić information content (AvgIpc) is 3.68. The Hall–Kier alpha value is -5.96. The van der Waals surface area contributed by atoms with Gasteiger partial charge in [-0.3, -0.25) is 0 Å². The molecule has 0 amide bonds. The lowest BCUT2D eigenvalue weighted by molar-refractivity contribution is -0.181. The van der Waals surface area contributed by atoms with E-state index in [0.29, 0.717) is 89.1 Å². The molecule has 80 heavy (non-hydrogen) atoms. The second kappa shape index (κ2) is 35.0. The van der Waals surface area contributed by atoms with Crippen LogP contribution in [0.3, 0.4) is 0 Å². The van der Waals surface area contributed by atoms with Crippen molar-refractivity contribution in [1.82, 2.24) is 0 Å². The van der Waals surface area contributed by atoms with Crippen molar-refractivity contribution in [2.75, 3.05) is 134 Å². The summed E-state index contributed by atoms with van der Waals surface area (Å²) in [6.07, 6.45) is -5.65. The number of benzene rings is 6. The van der Waals surface area contributed by atoms with Crippen LogP contribution in [-0.2, 0) is 58.6 Å². The fourth-order valence-corrected chi connectivity index (χ4v) is 9.18. The van der Waals surface area contributed by atoms with Gasteiger partial charge >= 0.3 is 0 Å². The predicted molar refractivity (Wildman–Crippen MR) is 304 cm³/mol. The van der Waals surface area contributed by atoms with E-state index in [-0.39, 0.29) is 39.6 Å². The summed E-state index contributed by atoms with van der Waals surface area (Å²) in [5, 5.41) is 25.6. The fraction of sp³-hybridized carbons (Fsp3) is 0.438. The maximum absolute atomic E-state index is 12.8. The molecule has 2 N–H and O–H groups in total. The molecule has 434 valence electrons. The lowest BCUT2D eigenvalue weighted by Crippen LogP contribution is -2.52. The number of aliphatic hydroxyl groups is 2. The van der Waals surface area contributed by atoms with E-state index in [0.717, 1.165) is 33.4 Å². The smallest absolute Gasteiger partial charge is 0.143 e. The first kappa shape index (κ1) is 63.2. The molecular weight excluding hydrogens is 1020 g/mol. The van der Waals surface area contributed by atoms with Gasteiger partial charge in [-0.15, -0.1) is 0 Å². The lowest BCUT2D eigenvalue weighted by atomic mass is 9.79. The first-order valence-electron chi connectivity index (χ1n) is 27.3. The summed E-state index contributed by atoms with van der Waals surface area (Å²) >= 11 is 0. The second-order valence-corrected chi connectivity index (χ2v) is 18.3. The molecule has 6 aromatic rings. The van der Waals surface area contributed by atoms with Gasteiger partial charge in [0.1, 0.15) is 58.6 Å². The highest BCUT2D eigenvalue weighted by atomic mass is 16.6. The van der Waals surface area contributed by atoms with Crippen LogP contribution in [0.2, 0.25) is 0 Å². The van der Waals surface area contributed by atoms with Crippen molar-refractivity contribution < 1.29 is 76.5 Å². The van der Waals surface area contributed by atoms with Crippen molar-refractivity contribution in [3.63, 3.8) is 0 Å². The van der Waals surface area contributed by atoms with Crippen molar-refractivity contribution >= 4 is 0 Å². The maximum Gasteiger partial charge on any atom is 0.143 e. The summed E-state index contributed by atoms with van der Waals surface area (Å²) in [6, 6.07) is 50.2. The van der Waals surface area contributed by atoms with E-state index in [1.54, 1.807) is 28.4 Å². The van der Waals surface area contributed by atoms with Gasteiger partial charge in [0.2, 0.25) is 0 Å². The minimum atomic E-state index is -1.64. The molecule has 0 aliphatic heterocycles. The van der Waals surface area contributed by atoms with Gasteiger partial charge in [-0.2, -0.15) is 0 Å². The summed E-state index contributed by atoms with van der Waals surface area (Å²) < 4.78 is 84.1. The molecule has 0 bridgehead atoms. The molecule has 0 saturated carbocycles. The van der Waals surface area contributed by atoms with Crippen LogP contribution < -0.4 is 18.9 Å². The van der Waals surface area contributed by atoms with Gasteiger partial charge in [0, 0.05) is 13.2 Å². The largest absolute Gasteiger partial charge is 0.497 e. The van der Waals surface area contributed by atoms with Crippen LogP contribution in [0.5, 0.6) is 23.0 Å². The predicted octanol–water partition coefficient (Wildman–Crippen LogP) is 8.67. The summed E-state index contributed by atoms with van der Waals surface area (Å²) in [6.45, 7) is 8.11. The lowest BCUT2D eigenvalue weighted by Gasteiger charge is -2.40. The summed E-state index contributed by atoms with van der Waals surface area (Å²) in [4.78, 5) is 0. The topological polar surface area (TPSA) is 170 Å². The average molecular weight is 1110 g/mol. The van der Waals surface area contributed by atoms with E-state index in [2.05, 4.69) is 0 Å². The molecule has 16 heteroatoms. The SMILES string of the molecule is CCOCCOCCOCCO[C@@H](COC(c1ccccc1)(c1ccc(OC)cc1)c1ccc(OC)cc1)[C@H](O)[C@@H](O)[C@H](COC(c1ccccc1)(c1ccc(OC)cc1)c1ccc(OC)cc1)OCCOCCOCCOCC. The molecule has 0 aliphatic rings. The second-order valence-electron chi connectivity index (χ2n) is 18.3. The van der Waals surface area contributed by atoms with Crippen molar-refractivity contribution in [2.24, 2.45) is 0 Å². The van der Waals surface area contributed by atoms with E-state index < -0.39 is 35.6 Å². The van der Waals surface area contributed by atoms with E-state index in [9.17, 15) is 10.2 Å². The first-order chi connectivity index (χ1) is 39.3. The minimum absolute atomic E-state index is 0.0225. The number of rotatable bonds is 41. The molecule has 16 nitrogen and oxygen atoms in total. The Labute approximate surface area is 472 Å². The molecule has 0 radical (unpaired) electrons. The minimum Gasteiger partial charge on any atom is -0.497 e. The van der Waals surface area contributed by atoms with Crippen LogP contribution in [0.1, 0.15) is 47.2 Å². The van der Waals surface area contributed by atoms with Gasteiger partial charge in [-0.1, -0.05) is 109 Å². The summed E-state index contributed by atoms with van der Waals surface area (Å²) in [5.74, 6) is 2.63.